The van der Waals surface area contributed by atoms with Gasteiger partial charge in [0.1, 0.15) is 0 Å². The molecule has 8 heteroatoms. The average Bonchev–Trinajstić information content (AvgIpc) is 2.32. The second-order valence-corrected chi connectivity index (χ2v) is 5.26. The first-order chi connectivity index (χ1) is 9.77. The first-order valence-corrected chi connectivity index (χ1v) is 6.60. The molecule has 1 aromatic rings. The molecule has 116 valence electrons. The van der Waals surface area contributed by atoms with Crippen LogP contribution in [0.15, 0.2) is 15.7 Å². The minimum atomic E-state index is -0.964. The van der Waals surface area contributed by atoms with Crippen molar-refractivity contribution >= 4 is 11.9 Å². The molecule has 0 aliphatic rings. The highest BCUT2D eigenvalue weighted by atomic mass is 16.4. The van der Waals surface area contributed by atoms with Crippen LogP contribution < -0.4 is 16.6 Å². The van der Waals surface area contributed by atoms with Gasteiger partial charge < -0.3 is 15.4 Å². The van der Waals surface area contributed by atoms with Gasteiger partial charge in [-0.2, -0.15) is 0 Å². The SMILES string of the molecule is CC(C)CC(CNC(=O)Cc1cc(=O)[nH]c(=O)[nH]1)C(=O)O. The molecule has 0 radical (unpaired) electrons. The number of hydrogen-bond acceptors (Lipinski definition) is 4. The summed E-state index contributed by atoms with van der Waals surface area (Å²) in [6, 6.07) is 1.11. The van der Waals surface area contributed by atoms with E-state index in [1.807, 2.05) is 18.8 Å². The zero-order valence-electron chi connectivity index (χ0n) is 11.9. The maximum atomic E-state index is 11.7. The summed E-state index contributed by atoms with van der Waals surface area (Å²) < 4.78 is 0. The molecular weight excluding hydrogens is 278 g/mol. The molecule has 0 saturated heterocycles. The number of aromatic nitrogens is 2. The second-order valence-electron chi connectivity index (χ2n) is 5.26. The van der Waals surface area contributed by atoms with Gasteiger partial charge in [-0.05, 0) is 12.3 Å². The maximum Gasteiger partial charge on any atom is 0.325 e. The molecular formula is C13H19N3O5. The number of aromatic amines is 2. The van der Waals surface area contributed by atoms with Crippen molar-refractivity contribution < 1.29 is 14.7 Å². The van der Waals surface area contributed by atoms with E-state index >= 15 is 0 Å². The lowest BCUT2D eigenvalue weighted by atomic mass is 9.97. The van der Waals surface area contributed by atoms with Gasteiger partial charge in [-0.1, -0.05) is 13.8 Å². The standard InChI is InChI=1S/C13H19N3O5/c1-7(2)3-8(12(19)20)6-14-10(17)4-9-5-11(18)16-13(21)15-9/h5,7-8H,3-4,6H2,1-2H3,(H,14,17)(H,19,20)(H2,15,16,18,21). The minimum Gasteiger partial charge on any atom is -0.481 e. The molecule has 4 N–H and O–H groups in total. The Hall–Kier alpha value is -2.38. The summed E-state index contributed by atoms with van der Waals surface area (Å²) in [6.07, 6.45) is 0.268. The molecule has 8 nitrogen and oxygen atoms in total. The Kier molecular flexibility index (Phi) is 5.89. The van der Waals surface area contributed by atoms with E-state index in [1.165, 1.54) is 0 Å². The topological polar surface area (TPSA) is 132 Å². The van der Waals surface area contributed by atoms with Crippen LogP contribution in [0.2, 0.25) is 0 Å². The van der Waals surface area contributed by atoms with Crippen molar-refractivity contribution in [3.8, 4) is 0 Å². The minimum absolute atomic E-state index is 0.0137. The molecule has 1 aromatic heterocycles. The van der Waals surface area contributed by atoms with Crippen LogP contribution in [-0.2, 0) is 16.0 Å². The predicted octanol–water partition coefficient (Wildman–Crippen LogP) is -0.531. The van der Waals surface area contributed by atoms with Gasteiger partial charge in [0, 0.05) is 18.3 Å². The summed E-state index contributed by atoms with van der Waals surface area (Å²) in [5.41, 5.74) is -1.10. The summed E-state index contributed by atoms with van der Waals surface area (Å²) in [5.74, 6) is -1.88. The zero-order valence-corrected chi connectivity index (χ0v) is 11.9. The highest BCUT2D eigenvalue weighted by Crippen LogP contribution is 2.11. The first-order valence-electron chi connectivity index (χ1n) is 6.60. The summed E-state index contributed by atoms with van der Waals surface area (Å²) >= 11 is 0. The molecule has 0 aliphatic heterocycles. The number of carboxylic acids is 1. The number of H-pyrrole nitrogens is 2. The quantitative estimate of drug-likeness (QED) is 0.537. The number of carbonyl (C=O) groups excluding carboxylic acids is 1. The third-order valence-electron chi connectivity index (χ3n) is 2.82. The van der Waals surface area contributed by atoms with Crippen LogP contribution >= 0.6 is 0 Å². The van der Waals surface area contributed by atoms with Crippen molar-refractivity contribution in [3.05, 3.63) is 32.6 Å². The highest BCUT2D eigenvalue weighted by Gasteiger charge is 2.19. The Balaban J connectivity index is 2.58. The highest BCUT2D eigenvalue weighted by molar-refractivity contribution is 5.79. The van der Waals surface area contributed by atoms with Gasteiger partial charge in [-0.15, -0.1) is 0 Å². The van der Waals surface area contributed by atoms with Crippen molar-refractivity contribution in [1.29, 1.82) is 0 Å². The molecule has 1 atom stereocenters. The van der Waals surface area contributed by atoms with E-state index in [2.05, 4.69) is 10.3 Å². The Bertz CT molecular complexity index is 588. The van der Waals surface area contributed by atoms with Gasteiger partial charge in [0.2, 0.25) is 5.91 Å². The second kappa shape index (κ2) is 7.41. The van der Waals surface area contributed by atoms with Crippen LogP contribution in [0.5, 0.6) is 0 Å². The van der Waals surface area contributed by atoms with Gasteiger partial charge in [0.15, 0.2) is 0 Å². The maximum absolute atomic E-state index is 11.7. The van der Waals surface area contributed by atoms with Crippen LogP contribution in [0.3, 0.4) is 0 Å². The number of nitrogens with one attached hydrogen (secondary N) is 3. The van der Waals surface area contributed by atoms with Gasteiger partial charge in [0.25, 0.3) is 5.56 Å². The fourth-order valence-corrected chi connectivity index (χ4v) is 1.93. The molecule has 0 saturated carbocycles. The summed E-state index contributed by atoms with van der Waals surface area (Å²) in [4.78, 5) is 49.2. The van der Waals surface area contributed by atoms with Gasteiger partial charge in [-0.3, -0.25) is 19.4 Å². The number of carbonyl (C=O) groups is 2. The monoisotopic (exact) mass is 297 g/mol. The van der Waals surface area contributed by atoms with E-state index in [-0.39, 0.29) is 24.6 Å². The van der Waals surface area contributed by atoms with E-state index in [9.17, 15) is 19.2 Å². The Morgan fingerprint density at radius 1 is 1.29 bits per heavy atom. The lowest BCUT2D eigenvalue weighted by Gasteiger charge is -2.15. The first kappa shape index (κ1) is 16.7. The summed E-state index contributed by atoms with van der Waals surface area (Å²) in [6.45, 7) is 3.82. The molecule has 21 heavy (non-hydrogen) atoms. The molecule has 0 aliphatic carbocycles. The van der Waals surface area contributed by atoms with Crippen LogP contribution in [0.4, 0.5) is 0 Å². The summed E-state index contributed by atoms with van der Waals surface area (Å²) in [5, 5.41) is 11.6. The molecule has 0 bridgehead atoms. The van der Waals surface area contributed by atoms with E-state index < -0.39 is 29.0 Å². The fraction of sp³-hybridized carbons (Fsp3) is 0.538. The molecule has 1 rings (SSSR count). The Labute approximate surface area is 120 Å². The summed E-state index contributed by atoms with van der Waals surface area (Å²) in [7, 11) is 0. The zero-order chi connectivity index (χ0) is 16.0. The van der Waals surface area contributed by atoms with Crippen molar-refractivity contribution in [1.82, 2.24) is 15.3 Å². The lowest BCUT2D eigenvalue weighted by molar-refractivity contribution is -0.142. The van der Waals surface area contributed by atoms with E-state index in [0.29, 0.717) is 6.42 Å². The van der Waals surface area contributed by atoms with Crippen LogP contribution in [-0.4, -0.2) is 33.5 Å². The smallest absolute Gasteiger partial charge is 0.325 e. The third-order valence-corrected chi connectivity index (χ3v) is 2.82. The molecule has 1 unspecified atom stereocenters. The van der Waals surface area contributed by atoms with E-state index in [0.717, 1.165) is 6.07 Å². The lowest BCUT2D eigenvalue weighted by Crippen LogP contribution is -2.35. The average molecular weight is 297 g/mol. The molecule has 0 aromatic carbocycles. The van der Waals surface area contributed by atoms with Crippen LogP contribution in [0, 0.1) is 11.8 Å². The van der Waals surface area contributed by atoms with Crippen molar-refractivity contribution in [3.63, 3.8) is 0 Å². The fourth-order valence-electron chi connectivity index (χ4n) is 1.93. The van der Waals surface area contributed by atoms with Gasteiger partial charge in [-0.25, -0.2) is 4.79 Å². The number of amides is 1. The van der Waals surface area contributed by atoms with Crippen LogP contribution in [0.25, 0.3) is 0 Å². The van der Waals surface area contributed by atoms with Crippen molar-refractivity contribution in [2.45, 2.75) is 26.7 Å². The van der Waals surface area contributed by atoms with E-state index in [1.54, 1.807) is 0 Å². The van der Waals surface area contributed by atoms with Crippen molar-refractivity contribution in [2.75, 3.05) is 6.54 Å². The Morgan fingerprint density at radius 3 is 2.48 bits per heavy atom. The van der Waals surface area contributed by atoms with Crippen LogP contribution in [0.1, 0.15) is 26.0 Å². The molecule has 1 amide bonds. The Morgan fingerprint density at radius 2 is 1.95 bits per heavy atom. The molecule has 1 heterocycles. The number of hydrogen-bond donors (Lipinski definition) is 4. The molecule has 0 spiro atoms. The number of aliphatic carboxylic acids is 1. The number of rotatable bonds is 7. The van der Waals surface area contributed by atoms with Gasteiger partial charge in [0.05, 0.1) is 12.3 Å². The molecule has 0 fully saturated rings. The van der Waals surface area contributed by atoms with E-state index in [4.69, 9.17) is 5.11 Å². The third kappa shape index (κ3) is 6.07. The normalized spacial score (nSPS) is 12.1. The number of carboxylic acid groups (broad SMARTS) is 1. The van der Waals surface area contributed by atoms with Crippen molar-refractivity contribution in [2.24, 2.45) is 11.8 Å². The predicted molar refractivity (Wildman–Crippen MR) is 75.0 cm³/mol. The largest absolute Gasteiger partial charge is 0.481 e. The van der Waals surface area contributed by atoms with Gasteiger partial charge >= 0.3 is 11.7 Å².